The summed E-state index contributed by atoms with van der Waals surface area (Å²) in [4.78, 5) is 2.25. The molecule has 0 bridgehead atoms. The summed E-state index contributed by atoms with van der Waals surface area (Å²) >= 11 is 0. The molecule has 0 unspecified atom stereocenters. The molecule has 1 heterocycles. The fourth-order valence-electron chi connectivity index (χ4n) is 4.36. The molecule has 138 valence electrons. The van der Waals surface area contributed by atoms with E-state index in [1.54, 1.807) is 6.07 Å². The van der Waals surface area contributed by atoms with Gasteiger partial charge >= 0.3 is 0 Å². The lowest BCUT2D eigenvalue weighted by Crippen LogP contribution is -2.29. The molecule has 1 saturated carbocycles. The van der Waals surface area contributed by atoms with E-state index in [2.05, 4.69) is 4.90 Å². The monoisotopic (exact) mass is 357 g/mol. The van der Waals surface area contributed by atoms with Crippen molar-refractivity contribution in [3.8, 4) is 11.5 Å². The third-order valence-electron chi connectivity index (χ3n) is 5.62. The van der Waals surface area contributed by atoms with E-state index < -0.39 is 11.9 Å². The number of hydrogen-bond acceptors (Lipinski definition) is 4. The Morgan fingerprint density at radius 1 is 1.08 bits per heavy atom. The highest BCUT2D eigenvalue weighted by molar-refractivity contribution is 5.29. The predicted molar refractivity (Wildman–Crippen MR) is 96.5 cm³/mol. The van der Waals surface area contributed by atoms with Crippen LogP contribution in [0.3, 0.4) is 0 Å². The van der Waals surface area contributed by atoms with Crippen molar-refractivity contribution in [3.63, 3.8) is 0 Å². The molecule has 0 radical (unpaired) electrons. The minimum atomic E-state index is -0.750. The van der Waals surface area contributed by atoms with Crippen molar-refractivity contribution in [2.75, 3.05) is 19.6 Å². The van der Waals surface area contributed by atoms with Crippen molar-refractivity contribution in [2.24, 2.45) is 11.8 Å². The van der Waals surface area contributed by atoms with Crippen LogP contribution in [0.2, 0.25) is 0 Å². The number of likely N-dealkylation sites (tertiary alicyclic amines) is 1. The maximum atomic E-state index is 13.5. The molecule has 26 heavy (non-hydrogen) atoms. The smallest absolute Gasteiger partial charge is 0.165 e. The number of phenols is 1. The van der Waals surface area contributed by atoms with Crippen LogP contribution in [-0.4, -0.2) is 40.9 Å². The van der Waals surface area contributed by atoms with Crippen LogP contribution in [0.4, 0.5) is 4.39 Å². The molecule has 0 spiro atoms. The first kappa shape index (κ1) is 17.3. The zero-order chi connectivity index (χ0) is 18.1. The van der Waals surface area contributed by atoms with E-state index >= 15 is 0 Å². The van der Waals surface area contributed by atoms with Gasteiger partial charge in [0, 0.05) is 19.6 Å². The van der Waals surface area contributed by atoms with Crippen molar-refractivity contribution in [1.29, 1.82) is 0 Å². The first-order valence-electron chi connectivity index (χ1n) is 9.19. The lowest BCUT2D eigenvalue weighted by molar-refractivity contribution is 0.116. The van der Waals surface area contributed by atoms with E-state index in [4.69, 9.17) is 4.74 Å². The van der Waals surface area contributed by atoms with Gasteiger partial charge in [0.2, 0.25) is 0 Å². The van der Waals surface area contributed by atoms with Crippen LogP contribution in [0, 0.1) is 17.7 Å². The molecule has 2 fully saturated rings. The van der Waals surface area contributed by atoms with E-state index in [1.807, 2.05) is 30.3 Å². The topological polar surface area (TPSA) is 52.9 Å². The molecule has 1 aliphatic heterocycles. The highest BCUT2D eigenvalue weighted by atomic mass is 19.1. The third-order valence-corrected chi connectivity index (χ3v) is 5.62. The van der Waals surface area contributed by atoms with Gasteiger partial charge in [-0.05, 0) is 54.5 Å². The fourth-order valence-corrected chi connectivity index (χ4v) is 4.36. The molecule has 2 aromatic rings. The lowest BCUT2D eigenvalue weighted by Gasteiger charge is -2.22. The van der Waals surface area contributed by atoms with Crippen LogP contribution in [0.5, 0.6) is 11.5 Å². The predicted octanol–water partition coefficient (Wildman–Crippen LogP) is 3.35. The van der Waals surface area contributed by atoms with E-state index in [9.17, 15) is 14.6 Å². The highest BCUT2D eigenvalue weighted by Crippen LogP contribution is 2.40. The fraction of sp³-hybridized carbons (Fsp3) is 0.429. The number of fused-ring (bicyclic) bond motifs is 1. The van der Waals surface area contributed by atoms with Crippen LogP contribution in [0.15, 0.2) is 48.5 Å². The average molecular weight is 357 g/mol. The Morgan fingerprint density at radius 2 is 1.77 bits per heavy atom. The van der Waals surface area contributed by atoms with Gasteiger partial charge in [0.05, 0.1) is 12.2 Å². The number of β-amino-alcohol motifs (C(OH)–C–C–N with tert-alkyl or cyclic N) is 1. The number of benzene rings is 2. The van der Waals surface area contributed by atoms with Gasteiger partial charge in [-0.15, -0.1) is 0 Å². The van der Waals surface area contributed by atoms with Crippen molar-refractivity contribution in [2.45, 2.75) is 25.0 Å². The SMILES string of the molecule is Oc1ccc([C@H](O)CN2C[C@H]3C[C@H](Oc4ccccc4)C[C@H]3C2)cc1F. The molecule has 4 atom stereocenters. The second-order valence-electron chi connectivity index (χ2n) is 7.49. The van der Waals surface area contributed by atoms with Gasteiger partial charge in [-0.2, -0.15) is 0 Å². The van der Waals surface area contributed by atoms with Gasteiger partial charge in [0.1, 0.15) is 5.75 Å². The lowest BCUT2D eigenvalue weighted by atomic mass is 10.0. The molecule has 1 aliphatic carbocycles. The second-order valence-corrected chi connectivity index (χ2v) is 7.49. The third kappa shape index (κ3) is 3.69. The number of halogens is 1. The van der Waals surface area contributed by atoms with Crippen molar-refractivity contribution < 1.29 is 19.3 Å². The number of aliphatic hydroxyl groups is 1. The molecule has 2 aliphatic rings. The van der Waals surface area contributed by atoms with Crippen LogP contribution in [0.25, 0.3) is 0 Å². The van der Waals surface area contributed by atoms with E-state index in [0.29, 0.717) is 23.9 Å². The van der Waals surface area contributed by atoms with Crippen LogP contribution >= 0.6 is 0 Å². The summed E-state index contributed by atoms with van der Waals surface area (Å²) in [5.41, 5.74) is 0.502. The van der Waals surface area contributed by atoms with Gasteiger partial charge < -0.3 is 14.9 Å². The summed E-state index contributed by atoms with van der Waals surface area (Å²) < 4.78 is 19.6. The number of aliphatic hydroxyl groups excluding tert-OH is 1. The second kappa shape index (κ2) is 7.25. The van der Waals surface area contributed by atoms with E-state index in [-0.39, 0.29) is 11.9 Å². The summed E-state index contributed by atoms with van der Waals surface area (Å²) in [7, 11) is 0. The van der Waals surface area contributed by atoms with Gasteiger partial charge in [-0.1, -0.05) is 24.3 Å². The Labute approximate surface area is 152 Å². The van der Waals surface area contributed by atoms with E-state index in [0.717, 1.165) is 31.7 Å². The Kier molecular flexibility index (Phi) is 4.83. The van der Waals surface area contributed by atoms with Crippen LogP contribution < -0.4 is 4.74 Å². The largest absolute Gasteiger partial charge is 0.505 e. The minimum Gasteiger partial charge on any atom is -0.505 e. The van der Waals surface area contributed by atoms with E-state index in [1.165, 1.54) is 12.1 Å². The summed E-state index contributed by atoms with van der Waals surface area (Å²) in [5, 5.41) is 19.7. The molecule has 4 nitrogen and oxygen atoms in total. The van der Waals surface area contributed by atoms with Crippen LogP contribution in [-0.2, 0) is 0 Å². The minimum absolute atomic E-state index is 0.269. The highest BCUT2D eigenvalue weighted by Gasteiger charge is 2.42. The molecule has 2 aromatic carbocycles. The Bertz CT molecular complexity index is 740. The van der Waals surface area contributed by atoms with Gasteiger partial charge in [-0.25, -0.2) is 4.39 Å². The zero-order valence-corrected chi connectivity index (χ0v) is 14.6. The number of aromatic hydroxyl groups is 1. The number of para-hydroxylation sites is 1. The summed E-state index contributed by atoms with van der Waals surface area (Å²) in [6, 6.07) is 14.0. The van der Waals surface area contributed by atoms with Gasteiger partial charge in [0.15, 0.2) is 11.6 Å². The summed E-state index contributed by atoms with van der Waals surface area (Å²) in [6.45, 7) is 2.37. The number of nitrogens with zero attached hydrogens (tertiary/aromatic N) is 1. The number of phenolic OH excluding ortho intramolecular Hbond substituents is 1. The van der Waals surface area contributed by atoms with Crippen molar-refractivity contribution in [3.05, 3.63) is 59.9 Å². The average Bonchev–Trinajstić information content (AvgIpc) is 3.16. The molecule has 4 rings (SSSR count). The molecule has 0 aromatic heterocycles. The maximum absolute atomic E-state index is 13.5. The molecule has 2 N–H and O–H groups in total. The Balaban J connectivity index is 1.29. The normalized spacial score (nSPS) is 26.6. The number of rotatable bonds is 5. The Morgan fingerprint density at radius 3 is 2.42 bits per heavy atom. The molecule has 5 heteroatoms. The summed E-state index contributed by atoms with van der Waals surface area (Å²) in [5.74, 6) is 1.03. The van der Waals surface area contributed by atoms with Crippen molar-refractivity contribution >= 4 is 0 Å². The first-order chi connectivity index (χ1) is 12.6. The quantitative estimate of drug-likeness (QED) is 0.862. The van der Waals surface area contributed by atoms with Gasteiger partial charge in [0.25, 0.3) is 0 Å². The number of ether oxygens (including phenoxy) is 1. The number of hydrogen-bond donors (Lipinski definition) is 2. The molecule has 1 saturated heterocycles. The zero-order valence-electron chi connectivity index (χ0n) is 14.6. The summed E-state index contributed by atoms with van der Waals surface area (Å²) in [6.07, 6.45) is 1.60. The van der Waals surface area contributed by atoms with Crippen molar-refractivity contribution in [1.82, 2.24) is 4.90 Å². The molecular weight excluding hydrogens is 333 g/mol. The maximum Gasteiger partial charge on any atom is 0.165 e. The first-order valence-corrected chi connectivity index (χ1v) is 9.19. The molecular formula is C21H24FNO3. The molecule has 0 amide bonds. The van der Waals surface area contributed by atoms with Crippen LogP contribution in [0.1, 0.15) is 24.5 Å². The standard InChI is InChI=1S/C21H24FNO3/c22-19-10-14(6-7-20(19)24)21(25)13-23-11-15-8-18(9-16(15)12-23)26-17-4-2-1-3-5-17/h1-7,10,15-16,18,21,24-25H,8-9,11-13H2/t15-,16+,18+,21-/m1/s1. The Hall–Kier alpha value is -2.11. The van der Waals surface area contributed by atoms with Gasteiger partial charge in [-0.3, -0.25) is 4.90 Å².